The molecule has 0 radical (unpaired) electrons. The Kier molecular flexibility index (Phi) is 10.2. The number of allylic oxidation sites excluding steroid dienone is 1. The molecule has 3 heterocycles. The fourth-order valence-corrected chi connectivity index (χ4v) is 9.87. The molecule has 0 spiro atoms. The van der Waals surface area contributed by atoms with Crippen molar-refractivity contribution in [3.8, 4) is 5.88 Å². The van der Waals surface area contributed by atoms with Crippen LogP contribution < -0.4 is 4.74 Å². The van der Waals surface area contributed by atoms with Crippen molar-refractivity contribution in [2.75, 3.05) is 13.2 Å². The van der Waals surface area contributed by atoms with Crippen molar-refractivity contribution in [3.63, 3.8) is 0 Å². The van der Waals surface area contributed by atoms with Crippen molar-refractivity contribution >= 4 is 36.0 Å². The predicted molar refractivity (Wildman–Crippen MR) is 186 cm³/mol. The first kappa shape index (κ1) is 35.7. The van der Waals surface area contributed by atoms with Crippen molar-refractivity contribution in [2.24, 2.45) is 23.2 Å². The molecule has 1 saturated heterocycles. The van der Waals surface area contributed by atoms with Crippen molar-refractivity contribution in [1.82, 2.24) is 9.88 Å². The van der Waals surface area contributed by atoms with Crippen LogP contribution in [0.3, 0.4) is 0 Å². The topological polar surface area (TPSA) is 143 Å². The third-order valence-corrected chi connectivity index (χ3v) is 13.5. The monoisotopic (exact) mass is 694 g/mol. The van der Waals surface area contributed by atoms with E-state index in [9.17, 15) is 28.7 Å². The van der Waals surface area contributed by atoms with Gasteiger partial charge in [-0.15, -0.1) is 6.58 Å². The van der Waals surface area contributed by atoms with E-state index in [1.807, 2.05) is 6.07 Å². The summed E-state index contributed by atoms with van der Waals surface area (Å²) in [5, 5.41) is 0.338. The standard InChI is InChI=1S/C38H51N2O8P/c1-5-28-20-38(28,49(44,45)46)21-33(41)32-18-29-22-40(32)36(43)31(25-10-7-6-8-11-25)19-34(42)47-23-37(3,4)14-9-12-26-17-30-27(16-24(26)2)13-15-39-35(30)48-29/h5,13,15-17,25,28-29,31-32H,1,6-12,14,18-23H2,2-4H3,(H2,44,45,46)/t28?,29-,31+,32+,38?/m1/s1. The summed E-state index contributed by atoms with van der Waals surface area (Å²) in [6, 6.07) is 5.24. The number of hydrogen-bond donors (Lipinski definition) is 2. The first-order chi connectivity index (χ1) is 23.2. The number of aryl methyl sites for hydroxylation is 2. The minimum Gasteiger partial charge on any atom is -0.472 e. The van der Waals surface area contributed by atoms with Crippen molar-refractivity contribution in [3.05, 3.63) is 48.2 Å². The zero-order valence-corrected chi connectivity index (χ0v) is 30.0. The summed E-state index contributed by atoms with van der Waals surface area (Å²) in [7, 11) is -4.65. The van der Waals surface area contributed by atoms with E-state index < -0.39 is 48.5 Å². The largest absolute Gasteiger partial charge is 0.472 e. The predicted octanol–water partition coefficient (Wildman–Crippen LogP) is 6.47. The molecule has 1 aromatic carbocycles. The van der Waals surface area contributed by atoms with Gasteiger partial charge in [0, 0.05) is 24.4 Å². The molecule has 1 amide bonds. The van der Waals surface area contributed by atoms with Crippen molar-refractivity contribution in [2.45, 2.75) is 115 Å². The Balaban J connectivity index is 1.38. The minimum absolute atomic E-state index is 0.0282. The number of benzene rings is 1. The van der Waals surface area contributed by atoms with Gasteiger partial charge in [-0.25, -0.2) is 4.98 Å². The number of ether oxygens (including phenoxy) is 2. The lowest BCUT2D eigenvalue weighted by Gasteiger charge is -2.34. The lowest BCUT2D eigenvalue weighted by atomic mass is 9.77. The molecule has 266 valence electrons. The molecule has 2 N–H and O–H groups in total. The van der Waals surface area contributed by atoms with Gasteiger partial charge in [-0.2, -0.15) is 0 Å². The van der Waals surface area contributed by atoms with E-state index in [4.69, 9.17) is 9.47 Å². The molecule has 10 nitrogen and oxygen atoms in total. The van der Waals surface area contributed by atoms with Crippen LogP contribution in [0.5, 0.6) is 5.88 Å². The van der Waals surface area contributed by atoms with Crippen molar-refractivity contribution in [1.29, 1.82) is 0 Å². The molecule has 4 bridgehead atoms. The average Bonchev–Trinajstić information content (AvgIpc) is 3.63. The number of ketones is 1. The van der Waals surface area contributed by atoms with Crippen LogP contribution in [0.1, 0.15) is 95.6 Å². The molecule has 49 heavy (non-hydrogen) atoms. The van der Waals surface area contributed by atoms with Gasteiger partial charge >= 0.3 is 13.6 Å². The number of cyclic esters (lactones) is 1. The highest BCUT2D eigenvalue weighted by Crippen LogP contribution is 2.71. The van der Waals surface area contributed by atoms with Gasteiger partial charge in [0.05, 0.1) is 36.7 Å². The fourth-order valence-electron chi connectivity index (χ4n) is 8.54. The molecular weight excluding hydrogens is 643 g/mol. The summed E-state index contributed by atoms with van der Waals surface area (Å²) in [6.07, 6.45) is 9.72. The molecule has 2 aromatic rings. The van der Waals surface area contributed by atoms with E-state index in [1.54, 1.807) is 6.20 Å². The Morgan fingerprint density at radius 2 is 1.92 bits per heavy atom. The zero-order chi connectivity index (χ0) is 35.1. The van der Waals surface area contributed by atoms with Gasteiger partial charge < -0.3 is 24.2 Å². The number of aromatic nitrogens is 1. The van der Waals surface area contributed by atoms with Gasteiger partial charge in [0.2, 0.25) is 11.8 Å². The number of esters is 1. The molecule has 1 aromatic heterocycles. The first-order valence-corrected chi connectivity index (χ1v) is 19.5. The third kappa shape index (κ3) is 7.52. The highest BCUT2D eigenvalue weighted by molar-refractivity contribution is 7.54. The maximum atomic E-state index is 14.7. The molecule has 4 aliphatic rings. The summed E-state index contributed by atoms with van der Waals surface area (Å²) in [5.74, 6) is -1.86. The van der Waals surface area contributed by atoms with Gasteiger partial charge in [0.1, 0.15) is 6.10 Å². The van der Waals surface area contributed by atoms with Gasteiger partial charge in [0.15, 0.2) is 5.78 Å². The maximum Gasteiger partial charge on any atom is 0.332 e. The minimum atomic E-state index is -4.65. The second-order valence-corrected chi connectivity index (χ2v) is 17.8. The van der Waals surface area contributed by atoms with E-state index in [0.717, 1.165) is 67.7 Å². The van der Waals surface area contributed by atoms with E-state index in [-0.39, 0.29) is 56.1 Å². The summed E-state index contributed by atoms with van der Waals surface area (Å²) >= 11 is 0. The molecule has 5 atom stereocenters. The number of carbonyl (C=O) groups excluding carboxylic acids is 3. The molecule has 2 saturated carbocycles. The first-order valence-electron chi connectivity index (χ1n) is 17.9. The third-order valence-electron chi connectivity index (χ3n) is 11.7. The summed E-state index contributed by atoms with van der Waals surface area (Å²) in [6.45, 7) is 10.4. The Morgan fingerprint density at radius 1 is 1.16 bits per heavy atom. The highest BCUT2D eigenvalue weighted by atomic mass is 31.2. The van der Waals surface area contributed by atoms with Crippen LogP contribution in [0, 0.1) is 30.1 Å². The van der Waals surface area contributed by atoms with Crippen LogP contribution in [0.25, 0.3) is 10.8 Å². The number of rotatable bonds is 6. The van der Waals surface area contributed by atoms with Gasteiger partial charge in [-0.05, 0) is 91.3 Å². The van der Waals surface area contributed by atoms with Gasteiger partial charge in [-0.3, -0.25) is 18.9 Å². The molecule has 2 unspecified atom stereocenters. The average molecular weight is 695 g/mol. The number of nitrogens with zero attached hydrogens (tertiary/aromatic N) is 2. The molecular formula is C38H51N2O8P. The number of hydrogen-bond acceptors (Lipinski definition) is 7. The van der Waals surface area contributed by atoms with E-state index in [0.29, 0.717) is 5.88 Å². The van der Waals surface area contributed by atoms with Crippen LogP contribution in [0.15, 0.2) is 37.1 Å². The zero-order valence-electron chi connectivity index (χ0n) is 29.1. The van der Waals surface area contributed by atoms with Crippen molar-refractivity contribution < 1.29 is 38.2 Å². The Morgan fingerprint density at radius 3 is 2.61 bits per heavy atom. The Bertz CT molecular complexity index is 1660. The smallest absolute Gasteiger partial charge is 0.332 e. The number of pyridine rings is 1. The second kappa shape index (κ2) is 13.9. The lowest BCUT2D eigenvalue weighted by Crippen LogP contribution is -2.47. The second-order valence-electron chi connectivity index (χ2n) is 15.8. The Labute approximate surface area is 289 Å². The van der Waals surface area contributed by atoms with Crippen LogP contribution in [-0.4, -0.2) is 67.8 Å². The number of amides is 1. The van der Waals surface area contributed by atoms with E-state index in [1.165, 1.54) is 16.5 Å². The molecule has 6 rings (SSSR count). The lowest BCUT2D eigenvalue weighted by molar-refractivity contribution is -0.154. The molecule has 11 heteroatoms. The van der Waals surface area contributed by atoms with E-state index in [2.05, 4.69) is 44.5 Å². The number of fused-ring (bicyclic) bond motifs is 3. The summed E-state index contributed by atoms with van der Waals surface area (Å²) in [4.78, 5) is 69.0. The Hall–Kier alpha value is -3.07. The van der Waals surface area contributed by atoms with E-state index >= 15 is 0 Å². The normalized spacial score (nSPS) is 29.9. The van der Waals surface area contributed by atoms with Crippen LogP contribution in [0.2, 0.25) is 0 Å². The quantitative estimate of drug-likeness (QED) is 0.198. The maximum absolute atomic E-state index is 14.7. The van der Waals surface area contributed by atoms with Gasteiger partial charge in [-0.1, -0.05) is 45.3 Å². The number of Topliss-reactive ketones (excluding diaryl/α,β-unsaturated/α-hetero) is 1. The number of carbonyl (C=O) groups is 3. The highest BCUT2D eigenvalue weighted by Gasteiger charge is 2.65. The SMILES string of the molecule is C=CC1CC1(CC(=O)[C@@H]1C[C@@H]2CN1C(=O)[C@H](C1CCCCC1)CC(=O)OCC(C)(C)CCCc1cc3c(nccc3cc1C)O2)P(=O)(O)O. The van der Waals surface area contributed by atoms with Crippen LogP contribution in [0.4, 0.5) is 0 Å². The fraction of sp³-hybridized carbons (Fsp3) is 0.632. The molecule has 3 fully saturated rings. The van der Waals surface area contributed by atoms with Crippen LogP contribution in [-0.2, 0) is 30.1 Å². The summed E-state index contributed by atoms with van der Waals surface area (Å²) < 4.78 is 25.1. The molecule has 2 aliphatic heterocycles. The summed E-state index contributed by atoms with van der Waals surface area (Å²) in [5.41, 5.74) is 2.08. The molecule has 2 aliphatic carbocycles. The van der Waals surface area contributed by atoms with Crippen LogP contribution >= 0.6 is 7.60 Å². The van der Waals surface area contributed by atoms with Gasteiger partial charge in [0.25, 0.3) is 0 Å².